The Labute approximate surface area is 176 Å². The first-order valence-electron chi connectivity index (χ1n) is 10.6. The van der Waals surface area contributed by atoms with Crippen LogP contribution in [0.1, 0.15) is 67.6 Å². The van der Waals surface area contributed by atoms with Gasteiger partial charge in [-0.15, -0.1) is 0 Å². The summed E-state index contributed by atoms with van der Waals surface area (Å²) in [5.74, 6) is 1.19. The summed E-state index contributed by atoms with van der Waals surface area (Å²) < 4.78 is 6.68. The van der Waals surface area contributed by atoms with Crippen molar-refractivity contribution in [2.24, 2.45) is 11.8 Å². The fraction of sp³-hybridized carbons (Fsp3) is 0.682. The second kappa shape index (κ2) is 9.83. The number of esters is 1. The minimum atomic E-state index is -0.774. The Morgan fingerprint density at radius 3 is 2.66 bits per heavy atom. The average Bonchev–Trinajstić information content (AvgIpc) is 2.73. The summed E-state index contributed by atoms with van der Waals surface area (Å²) in [5, 5.41) is 2.73. The van der Waals surface area contributed by atoms with Crippen molar-refractivity contribution in [1.29, 1.82) is 0 Å². The van der Waals surface area contributed by atoms with Crippen LogP contribution < -0.4 is 10.9 Å². The van der Waals surface area contributed by atoms with Crippen LogP contribution in [0.4, 0.5) is 0 Å². The standard InChI is InChI=1S/C22H32N2O4S/c1-14(2)19(22(27)28-3)23-20(25)17-11-16-13-29-10-9-18(16)24(21(17)26)12-15-7-5-4-6-8-15/h11,14-15,19H,4-10,12-13H2,1-3H3,(H,23,25)/t19-/m0/s1. The van der Waals surface area contributed by atoms with Crippen molar-refractivity contribution in [3.8, 4) is 0 Å². The molecule has 1 aliphatic carbocycles. The van der Waals surface area contributed by atoms with Gasteiger partial charge in [-0.05, 0) is 48.5 Å². The van der Waals surface area contributed by atoms with Crippen molar-refractivity contribution >= 4 is 23.6 Å². The van der Waals surface area contributed by atoms with E-state index in [0.29, 0.717) is 12.5 Å². The SMILES string of the molecule is COC(=O)[C@@H](NC(=O)c1cc2c(n(CC3CCCCC3)c1=O)CCSC2)C(C)C. The molecule has 0 unspecified atom stereocenters. The molecule has 0 saturated heterocycles. The molecule has 1 fully saturated rings. The molecule has 1 aromatic heterocycles. The second-order valence-corrected chi connectivity index (χ2v) is 9.58. The highest BCUT2D eigenvalue weighted by Crippen LogP contribution is 2.28. The van der Waals surface area contributed by atoms with E-state index in [4.69, 9.17) is 4.74 Å². The molecule has 6 nitrogen and oxygen atoms in total. The van der Waals surface area contributed by atoms with Gasteiger partial charge in [0.15, 0.2) is 0 Å². The molecule has 0 aromatic carbocycles. The summed E-state index contributed by atoms with van der Waals surface area (Å²) in [6, 6.07) is 0.967. The van der Waals surface area contributed by atoms with Crippen molar-refractivity contribution in [2.75, 3.05) is 12.9 Å². The monoisotopic (exact) mass is 420 g/mol. The van der Waals surface area contributed by atoms with Crippen LogP contribution >= 0.6 is 11.8 Å². The van der Waals surface area contributed by atoms with Gasteiger partial charge in [-0.1, -0.05) is 33.1 Å². The molecule has 3 rings (SSSR count). The van der Waals surface area contributed by atoms with E-state index < -0.39 is 17.9 Å². The quantitative estimate of drug-likeness (QED) is 0.716. The summed E-state index contributed by atoms with van der Waals surface area (Å²) in [5.41, 5.74) is 2.06. The number of thioether (sulfide) groups is 1. The van der Waals surface area contributed by atoms with E-state index in [9.17, 15) is 14.4 Å². The summed E-state index contributed by atoms with van der Waals surface area (Å²) in [7, 11) is 1.30. The predicted octanol–water partition coefficient (Wildman–Crippen LogP) is 3.15. The molecule has 1 atom stereocenters. The molecule has 1 saturated carbocycles. The molecule has 0 radical (unpaired) electrons. The molecular formula is C22H32N2O4S. The van der Waals surface area contributed by atoms with Crippen molar-refractivity contribution in [1.82, 2.24) is 9.88 Å². The van der Waals surface area contributed by atoms with Crippen molar-refractivity contribution in [3.05, 3.63) is 33.2 Å². The van der Waals surface area contributed by atoms with Crippen LogP contribution in [0.25, 0.3) is 0 Å². The molecule has 29 heavy (non-hydrogen) atoms. The molecule has 160 valence electrons. The van der Waals surface area contributed by atoms with Gasteiger partial charge in [0, 0.05) is 18.0 Å². The van der Waals surface area contributed by atoms with E-state index in [-0.39, 0.29) is 17.0 Å². The number of methoxy groups -OCH3 is 1. The zero-order chi connectivity index (χ0) is 21.0. The molecule has 1 aliphatic heterocycles. The molecule has 1 amide bonds. The zero-order valence-electron chi connectivity index (χ0n) is 17.7. The number of ether oxygens (including phenoxy) is 1. The van der Waals surface area contributed by atoms with Gasteiger partial charge in [0.05, 0.1) is 7.11 Å². The minimum absolute atomic E-state index is 0.135. The van der Waals surface area contributed by atoms with Gasteiger partial charge >= 0.3 is 5.97 Å². The van der Waals surface area contributed by atoms with Gasteiger partial charge in [0.1, 0.15) is 11.6 Å². The van der Waals surface area contributed by atoms with Gasteiger partial charge in [-0.3, -0.25) is 9.59 Å². The molecular weight excluding hydrogens is 388 g/mol. The number of rotatable bonds is 6. The lowest BCUT2D eigenvalue weighted by molar-refractivity contribution is -0.144. The third-order valence-corrected chi connectivity index (χ3v) is 7.06. The number of hydrogen-bond donors (Lipinski definition) is 1. The Bertz CT molecular complexity index is 812. The molecule has 1 aromatic rings. The molecule has 0 spiro atoms. The van der Waals surface area contributed by atoms with Crippen LogP contribution in [-0.4, -0.2) is 35.3 Å². The van der Waals surface area contributed by atoms with Crippen LogP contribution in [0.5, 0.6) is 0 Å². The number of aromatic nitrogens is 1. The maximum Gasteiger partial charge on any atom is 0.328 e. The Balaban J connectivity index is 1.94. The summed E-state index contributed by atoms with van der Waals surface area (Å²) in [6.07, 6.45) is 6.85. The summed E-state index contributed by atoms with van der Waals surface area (Å²) in [4.78, 5) is 38.4. The largest absolute Gasteiger partial charge is 0.467 e. The van der Waals surface area contributed by atoms with Gasteiger partial charge < -0.3 is 14.6 Å². The molecule has 1 N–H and O–H groups in total. The number of carbonyl (C=O) groups is 2. The highest BCUT2D eigenvalue weighted by atomic mass is 32.2. The highest BCUT2D eigenvalue weighted by Gasteiger charge is 2.28. The Morgan fingerprint density at radius 1 is 1.28 bits per heavy atom. The predicted molar refractivity (Wildman–Crippen MR) is 115 cm³/mol. The molecule has 0 bridgehead atoms. The van der Waals surface area contributed by atoms with Crippen molar-refractivity contribution in [2.45, 2.75) is 70.7 Å². The number of amides is 1. The van der Waals surface area contributed by atoms with E-state index in [0.717, 1.165) is 42.0 Å². The lowest BCUT2D eigenvalue weighted by Gasteiger charge is -2.27. The topological polar surface area (TPSA) is 77.4 Å². The van der Waals surface area contributed by atoms with Gasteiger partial charge in [-0.2, -0.15) is 11.8 Å². The van der Waals surface area contributed by atoms with Crippen molar-refractivity contribution < 1.29 is 14.3 Å². The van der Waals surface area contributed by atoms with Crippen LogP contribution in [0, 0.1) is 11.8 Å². The molecule has 2 aliphatic rings. The Kier molecular flexibility index (Phi) is 7.44. The lowest BCUT2D eigenvalue weighted by Crippen LogP contribution is -2.47. The number of fused-ring (bicyclic) bond motifs is 1. The lowest BCUT2D eigenvalue weighted by atomic mass is 9.89. The van der Waals surface area contributed by atoms with Crippen LogP contribution in [-0.2, 0) is 28.2 Å². The number of nitrogens with zero attached hydrogens (tertiary/aromatic N) is 1. The first-order chi connectivity index (χ1) is 13.9. The van der Waals surface area contributed by atoms with E-state index in [1.807, 2.05) is 30.2 Å². The number of carbonyl (C=O) groups excluding carboxylic acids is 2. The van der Waals surface area contributed by atoms with E-state index in [2.05, 4.69) is 5.32 Å². The van der Waals surface area contributed by atoms with Gasteiger partial charge in [-0.25, -0.2) is 4.79 Å². The minimum Gasteiger partial charge on any atom is -0.467 e. The maximum atomic E-state index is 13.3. The molecule has 7 heteroatoms. The van der Waals surface area contributed by atoms with Gasteiger partial charge in [0.2, 0.25) is 0 Å². The zero-order valence-corrected chi connectivity index (χ0v) is 18.5. The van der Waals surface area contributed by atoms with Crippen LogP contribution in [0.15, 0.2) is 10.9 Å². The summed E-state index contributed by atoms with van der Waals surface area (Å²) >= 11 is 1.82. The normalized spacial score (nSPS) is 18.2. The van der Waals surface area contributed by atoms with E-state index >= 15 is 0 Å². The van der Waals surface area contributed by atoms with Crippen molar-refractivity contribution in [3.63, 3.8) is 0 Å². The van der Waals surface area contributed by atoms with Gasteiger partial charge in [0.25, 0.3) is 11.5 Å². The first kappa shape index (κ1) is 21.9. The third kappa shape index (κ3) is 5.05. The summed E-state index contributed by atoms with van der Waals surface area (Å²) in [6.45, 7) is 4.37. The van der Waals surface area contributed by atoms with E-state index in [1.165, 1.54) is 26.4 Å². The van der Waals surface area contributed by atoms with Crippen LogP contribution in [0.2, 0.25) is 0 Å². The fourth-order valence-corrected chi connectivity index (χ4v) is 5.31. The number of pyridine rings is 1. The highest BCUT2D eigenvalue weighted by molar-refractivity contribution is 7.98. The smallest absolute Gasteiger partial charge is 0.328 e. The second-order valence-electron chi connectivity index (χ2n) is 8.47. The third-order valence-electron chi connectivity index (χ3n) is 6.05. The average molecular weight is 421 g/mol. The fourth-order valence-electron chi connectivity index (χ4n) is 4.36. The van der Waals surface area contributed by atoms with E-state index in [1.54, 1.807) is 6.07 Å². The maximum absolute atomic E-state index is 13.3. The first-order valence-corrected chi connectivity index (χ1v) is 11.8. The Hall–Kier alpha value is -1.76. The Morgan fingerprint density at radius 2 is 2.00 bits per heavy atom. The molecule has 2 heterocycles. The van der Waals surface area contributed by atoms with Crippen LogP contribution in [0.3, 0.4) is 0 Å². The number of hydrogen-bond acceptors (Lipinski definition) is 5. The number of nitrogens with one attached hydrogen (secondary N) is 1.